The van der Waals surface area contributed by atoms with Gasteiger partial charge in [0.1, 0.15) is 10.6 Å². The molecule has 0 saturated heterocycles. The SMILES string of the molecule is CC1(C)Cc2c(sc3nc(SCc4ccccc4)nc(NCCc4ccccc4)c23)CO1. The third-order valence-corrected chi connectivity index (χ3v) is 7.69. The van der Waals surface area contributed by atoms with Crippen LogP contribution in [0.5, 0.6) is 0 Å². The van der Waals surface area contributed by atoms with Crippen LogP contribution in [-0.4, -0.2) is 22.1 Å². The molecule has 3 heterocycles. The van der Waals surface area contributed by atoms with Crippen LogP contribution in [0.3, 0.4) is 0 Å². The van der Waals surface area contributed by atoms with Crippen molar-refractivity contribution in [3.05, 3.63) is 82.2 Å². The van der Waals surface area contributed by atoms with Crippen molar-refractivity contribution < 1.29 is 4.74 Å². The smallest absolute Gasteiger partial charge is 0.191 e. The molecule has 1 N–H and O–H groups in total. The lowest BCUT2D eigenvalue weighted by Gasteiger charge is -2.30. The molecule has 164 valence electrons. The highest BCUT2D eigenvalue weighted by molar-refractivity contribution is 7.98. The molecule has 1 aliphatic heterocycles. The molecule has 5 rings (SSSR count). The first-order valence-electron chi connectivity index (χ1n) is 11.0. The van der Waals surface area contributed by atoms with Crippen LogP contribution in [0.15, 0.2) is 65.8 Å². The van der Waals surface area contributed by atoms with Crippen molar-refractivity contribution >= 4 is 39.1 Å². The van der Waals surface area contributed by atoms with E-state index in [1.165, 1.54) is 27.0 Å². The Hall–Kier alpha value is -2.41. The zero-order chi connectivity index (χ0) is 22.0. The predicted octanol–water partition coefficient (Wildman–Crippen LogP) is 6.49. The fourth-order valence-corrected chi connectivity index (χ4v) is 5.97. The summed E-state index contributed by atoms with van der Waals surface area (Å²) in [6, 6.07) is 21.1. The molecule has 0 saturated carbocycles. The molecule has 2 aromatic carbocycles. The van der Waals surface area contributed by atoms with Crippen molar-refractivity contribution in [1.82, 2.24) is 9.97 Å². The van der Waals surface area contributed by atoms with Gasteiger partial charge in [0.15, 0.2) is 5.16 Å². The highest BCUT2D eigenvalue weighted by atomic mass is 32.2. The number of fused-ring (bicyclic) bond motifs is 3. The van der Waals surface area contributed by atoms with Gasteiger partial charge in [-0.15, -0.1) is 11.3 Å². The third-order valence-electron chi connectivity index (χ3n) is 5.67. The quantitative estimate of drug-likeness (QED) is 0.252. The Morgan fingerprint density at radius 2 is 1.72 bits per heavy atom. The first-order valence-corrected chi connectivity index (χ1v) is 12.8. The number of benzene rings is 2. The summed E-state index contributed by atoms with van der Waals surface area (Å²) in [7, 11) is 0. The Kier molecular flexibility index (Phi) is 6.17. The summed E-state index contributed by atoms with van der Waals surface area (Å²) in [5.41, 5.74) is 3.79. The number of rotatable bonds is 7. The lowest BCUT2D eigenvalue weighted by atomic mass is 9.94. The van der Waals surface area contributed by atoms with Gasteiger partial charge in [-0.1, -0.05) is 72.4 Å². The van der Waals surface area contributed by atoms with E-state index in [2.05, 4.69) is 73.8 Å². The van der Waals surface area contributed by atoms with Crippen molar-refractivity contribution in [2.24, 2.45) is 0 Å². The van der Waals surface area contributed by atoms with E-state index in [0.29, 0.717) is 6.61 Å². The average Bonchev–Trinajstić information content (AvgIpc) is 3.16. The molecule has 0 radical (unpaired) electrons. The summed E-state index contributed by atoms with van der Waals surface area (Å²) in [4.78, 5) is 12.3. The van der Waals surface area contributed by atoms with Gasteiger partial charge in [0.25, 0.3) is 0 Å². The van der Waals surface area contributed by atoms with Gasteiger partial charge in [-0.05, 0) is 37.0 Å². The third kappa shape index (κ3) is 4.82. The maximum absolute atomic E-state index is 6.07. The van der Waals surface area contributed by atoms with Crippen LogP contribution in [0, 0.1) is 0 Å². The van der Waals surface area contributed by atoms with E-state index in [-0.39, 0.29) is 5.60 Å². The molecule has 0 bridgehead atoms. The van der Waals surface area contributed by atoms with Crippen LogP contribution in [0.1, 0.15) is 35.4 Å². The lowest BCUT2D eigenvalue weighted by molar-refractivity contribution is -0.0379. The van der Waals surface area contributed by atoms with E-state index in [4.69, 9.17) is 14.7 Å². The molecule has 0 unspecified atom stereocenters. The maximum atomic E-state index is 6.07. The molecule has 1 aliphatic rings. The number of ether oxygens (including phenoxy) is 1. The number of aromatic nitrogens is 2. The molecule has 6 heteroatoms. The number of nitrogens with one attached hydrogen (secondary N) is 1. The lowest BCUT2D eigenvalue weighted by Crippen LogP contribution is -2.31. The van der Waals surface area contributed by atoms with Gasteiger partial charge in [0.2, 0.25) is 0 Å². The fraction of sp³-hybridized carbons (Fsp3) is 0.308. The monoisotopic (exact) mass is 461 g/mol. The van der Waals surface area contributed by atoms with Crippen LogP contribution < -0.4 is 5.32 Å². The predicted molar refractivity (Wildman–Crippen MR) is 135 cm³/mol. The standard InChI is InChI=1S/C26H27N3OS2/c1-26(2)15-20-21(16-30-26)32-24-22(20)23(27-14-13-18-9-5-3-6-10-18)28-25(29-24)31-17-19-11-7-4-8-12-19/h3-12H,13-17H2,1-2H3,(H,27,28,29). The first kappa shape index (κ1) is 21.4. The Labute approximate surface area is 197 Å². The summed E-state index contributed by atoms with van der Waals surface area (Å²) in [6.45, 7) is 5.81. The number of hydrogen-bond donors (Lipinski definition) is 1. The summed E-state index contributed by atoms with van der Waals surface area (Å²) < 4.78 is 6.07. The van der Waals surface area contributed by atoms with Crippen molar-refractivity contribution in [3.63, 3.8) is 0 Å². The van der Waals surface area contributed by atoms with Gasteiger partial charge in [-0.3, -0.25) is 0 Å². The second kappa shape index (κ2) is 9.22. The molecular weight excluding hydrogens is 434 g/mol. The van der Waals surface area contributed by atoms with E-state index in [1.807, 2.05) is 6.07 Å². The van der Waals surface area contributed by atoms with Crippen LogP contribution >= 0.6 is 23.1 Å². The van der Waals surface area contributed by atoms with Gasteiger partial charge in [0.05, 0.1) is 17.6 Å². The van der Waals surface area contributed by atoms with Gasteiger partial charge in [-0.2, -0.15) is 0 Å². The first-order chi connectivity index (χ1) is 15.6. The minimum atomic E-state index is -0.164. The Morgan fingerprint density at radius 1 is 1.00 bits per heavy atom. The topological polar surface area (TPSA) is 47.0 Å². The molecule has 0 fully saturated rings. The molecule has 32 heavy (non-hydrogen) atoms. The van der Waals surface area contributed by atoms with E-state index >= 15 is 0 Å². The van der Waals surface area contributed by atoms with E-state index in [9.17, 15) is 0 Å². The minimum Gasteiger partial charge on any atom is -0.370 e. The Balaban J connectivity index is 1.45. The van der Waals surface area contributed by atoms with Crippen molar-refractivity contribution in [1.29, 1.82) is 0 Å². The molecule has 0 aliphatic carbocycles. The van der Waals surface area contributed by atoms with Crippen molar-refractivity contribution in [3.8, 4) is 0 Å². The second-order valence-electron chi connectivity index (χ2n) is 8.70. The van der Waals surface area contributed by atoms with Gasteiger partial charge in [-0.25, -0.2) is 9.97 Å². The van der Waals surface area contributed by atoms with Crippen LogP contribution in [0.2, 0.25) is 0 Å². The minimum absolute atomic E-state index is 0.164. The zero-order valence-corrected chi connectivity index (χ0v) is 20.1. The molecule has 4 aromatic rings. The van der Waals surface area contributed by atoms with Crippen LogP contribution in [0.25, 0.3) is 10.2 Å². The normalized spacial score (nSPS) is 14.9. The molecule has 2 aromatic heterocycles. The summed E-state index contributed by atoms with van der Waals surface area (Å²) in [5.74, 6) is 1.81. The van der Waals surface area contributed by atoms with Gasteiger partial charge in [0, 0.05) is 23.6 Å². The number of thioether (sulfide) groups is 1. The van der Waals surface area contributed by atoms with E-state index < -0.39 is 0 Å². The summed E-state index contributed by atoms with van der Waals surface area (Å²) in [6.07, 6.45) is 1.84. The fourth-order valence-electron chi connectivity index (χ4n) is 4.01. The van der Waals surface area contributed by atoms with Gasteiger partial charge < -0.3 is 10.1 Å². The number of nitrogens with zero attached hydrogens (tertiary/aromatic N) is 2. The number of anilines is 1. The van der Waals surface area contributed by atoms with E-state index in [0.717, 1.165) is 40.9 Å². The zero-order valence-electron chi connectivity index (χ0n) is 18.4. The molecule has 4 nitrogen and oxygen atoms in total. The van der Waals surface area contributed by atoms with Crippen molar-refractivity contribution in [2.45, 2.75) is 49.8 Å². The Morgan fingerprint density at radius 3 is 2.47 bits per heavy atom. The molecule has 0 amide bonds. The highest BCUT2D eigenvalue weighted by Crippen LogP contribution is 2.41. The number of hydrogen-bond acceptors (Lipinski definition) is 6. The van der Waals surface area contributed by atoms with Gasteiger partial charge >= 0.3 is 0 Å². The molecule has 0 atom stereocenters. The van der Waals surface area contributed by atoms with Crippen LogP contribution in [-0.2, 0) is 29.9 Å². The Bertz CT molecular complexity index is 1210. The summed E-state index contributed by atoms with van der Waals surface area (Å²) >= 11 is 3.44. The second-order valence-corrected chi connectivity index (χ2v) is 10.7. The molecular formula is C26H27N3OS2. The van der Waals surface area contributed by atoms with E-state index in [1.54, 1.807) is 23.1 Å². The van der Waals surface area contributed by atoms with Crippen LogP contribution in [0.4, 0.5) is 5.82 Å². The maximum Gasteiger partial charge on any atom is 0.191 e. The van der Waals surface area contributed by atoms with Crippen molar-refractivity contribution in [2.75, 3.05) is 11.9 Å². The average molecular weight is 462 g/mol. The number of thiophene rings is 1. The highest BCUT2D eigenvalue weighted by Gasteiger charge is 2.31. The largest absolute Gasteiger partial charge is 0.370 e. The molecule has 0 spiro atoms. The summed E-state index contributed by atoms with van der Waals surface area (Å²) in [5, 5.41) is 5.64.